The van der Waals surface area contributed by atoms with Gasteiger partial charge in [-0.2, -0.15) is 0 Å². The van der Waals surface area contributed by atoms with Crippen molar-refractivity contribution in [2.45, 2.75) is 60.3 Å². The summed E-state index contributed by atoms with van der Waals surface area (Å²) in [4.78, 5) is 26.4. The van der Waals surface area contributed by atoms with Gasteiger partial charge in [-0.25, -0.2) is 0 Å². The molecule has 278 valence electrons. The van der Waals surface area contributed by atoms with Gasteiger partial charge in [0.1, 0.15) is 49.0 Å². The molecule has 8 atom stereocenters. The van der Waals surface area contributed by atoms with Gasteiger partial charge in [-0.15, -0.1) is 0 Å². The number of hydrogen-bond acceptors (Lipinski definition) is 18. The molecule has 10 N–H and O–H groups in total. The quantitative estimate of drug-likeness (QED) is 0.0565. The van der Waals surface area contributed by atoms with E-state index < -0.39 is 75.1 Å². The van der Waals surface area contributed by atoms with Crippen LogP contribution in [0.15, 0.2) is 63.8 Å². The van der Waals surface area contributed by atoms with E-state index in [-0.39, 0.29) is 46.4 Å². The molecule has 1 aromatic carbocycles. The molecule has 3 rings (SSSR count). The largest absolute Gasteiger partial charge is 0.492 e. The van der Waals surface area contributed by atoms with Crippen LogP contribution >= 0.6 is 23.5 Å². The molecule has 0 saturated heterocycles. The highest BCUT2D eigenvalue weighted by molar-refractivity contribution is 8.13. The normalized spacial score (nSPS) is 16.7. The zero-order valence-electron chi connectivity index (χ0n) is 26.7. The van der Waals surface area contributed by atoms with E-state index in [4.69, 9.17) is 23.8 Å². The van der Waals surface area contributed by atoms with Crippen molar-refractivity contribution < 1.29 is 74.2 Å². The first-order valence-electron chi connectivity index (χ1n) is 15.4. The molecule has 0 spiro atoms. The zero-order chi connectivity index (χ0) is 36.8. The standard InChI is InChI=1S/C32H43NO15S2/c34-14-23(38)29(42)27(40)21(36)12-33(13-22(37)28(41)30(43)24(39)15-35)7-10-46-20-6-5-18(16-49-31(44)25-3-1-8-47-25)19(11-20)17-50-32(45)26-4-2-9-48-26/h1-6,8-9,11,21-24,27-30,34-43H,7,10,12-17H2/t21-,22-,23+,24+,27+,28+,29+,30+/m0/s1. The lowest BCUT2D eigenvalue weighted by atomic mass is 10.0. The zero-order valence-corrected chi connectivity index (χ0v) is 28.4. The molecule has 0 unspecified atom stereocenters. The number of thioether (sulfide) groups is 2. The van der Waals surface area contributed by atoms with E-state index in [1.165, 1.54) is 23.5 Å². The fraction of sp³-hybridized carbons (Fsp3) is 0.500. The van der Waals surface area contributed by atoms with Crippen molar-refractivity contribution in [3.8, 4) is 5.75 Å². The van der Waals surface area contributed by atoms with Gasteiger partial charge in [0.05, 0.1) is 37.9 Å². The van der Waals surface area contributed by atoms with Gasteiger partial charge in [-0.3, -0.25) is 14.5 Å². The van der Waals surface area contributed by atoms with Crippen molar-refractivity contribution in [1.29, 1.82) is 0 Å². The Morgan fingerprint density at radius 1 is 0.660 bits per heavy atom. The first kappa shape index (κ1) is 41.6. The number of benzene rings is 1. The number of aliphatic hydroxyl groups excluding tert-OH is 10. The SMILES string of the molecule is O=C(SCc1ccc(OCCN(C[C@H](O)[C@@H](O)[C@H](O)[C@H](O)CO)C[C@H](O)[C@@H](O)[C@H](O)[C@H](O)CO)cc1CSC(=O)c1ccco1)c1ccco1. The Morgan fingerprint density at radius 3 is 1.56 bits per heavy atom. The number of carbonyl (C=O) groups excluding carboxylic acids is 2. The summed E-state index contributed by atoms with van der Waals surface area (Å²) in [5.41, 5.74) is 1.42. The second kappa shape index (κ2) is 20.9. The molecule has 0 amide bonds. The molecule has 2 heterocycles. The van der Waals surface area contributed by atoms with E-state index in [0.717, 1.165) is 29.1 Å². The van der Waals surface area contributed by atoms with Crippen molar-refractivity contribution in [2.24, 2.45) is 0 Å². The average molecular weight is 746 g/mol. The van der Waals surface area contributed by atoms with Gasteiger partial charge in [0, 0.05) is 31.1 Å². The van der Waals surface area contributed by atoms with E-state index in [0.29, 0.717) is 11.3 Å². The van der Waals surface area contributed by atoms with Gasteiger partial charge in [-0.1, -0.05) is 29.6 Å². The highest BCUT2D eigenvalue weighted by Gasteiger charge is 2.34. The summed E-state index contributed by atoms with van der Waals surface area (Å²) < 4.78 is 16.3. The van der Waals surface area contributed by atoms with Crippen molar-refractivity contribution >= 4 is 33.8 Å². The Kier molecular flexibility index (Phi) is 17.4. The van der Waals surface area contributed by atoms with Crippen LogP contribution in [0, 0.1) is 0 Å². The average Bonchev–Trinajstić information content (AvgIpc) is 3.87. The van der Waals surface area contributed by atoms with Gasteiger partial charge in [0.2, 0.25) is 0 Å². The van der Waals surface area contributed by atoms with Gasteiger partial charge < -0.3 is 64.6 Å². The van der Waals surface area contributed by atoms with Crippen LogP contribution in [0.25, 0.3) is 0 Å². The van der Waals surface area contributed by atoms with Crippen LogP contribution < -0.4 is 4.74 Å². The Hall–Kier alpha value is -2.82. The third-order valence-electron chi connectivity index (χ3n) is 7.56. The first-order valence-corrected chi connectivity index (χ1v) is 17.4. The second-order valence-corrected chi connectivity index (χ2v) is 13.1. The van der Waals surface area contributed by atoms with E-state index in [1.54, 1.807) is 36.4 Å². The van der Waals surface area contributed by atoms with Gasteiger partial charge in [0.15, 0.2) is 11.5 Å². The number of hydrogen-bond donors (Lipinski definition) is 10. The van der Waals surface area contributed by atoms with Gasteiger partial charge in [0.25, 0.3) is 10.2 Å². The molecule has 16 nitrogen and oxygen atoms in total. The van der Waals surface area contributed by atoms with Crippen LogP contribution in [0.3, 0.4) is 0 Å². The minimum atomic E-state index is -1.93. The summed E-state index contributed by atoms with van der Waals surface area (Å²) in [6, 6.07) is 11.3. The highest BCUT2D eigenvalue weighted by atomic mass is 32.2. The smallest absolute Gasteiger partial charge is 0.254 e. The first-order chi connectivity index (χ1) is 23.9. The van der Waals surface area contributed by atoms with Crippen LogP contribution in [0.4, 0.5) is 0 Å². The van der Waals surface area contributed by atoms with E-state index in [1.807, 2.05) is 0 Å². The number of furan rings is 2. The minimum Gasteiger partial charge on any atom is -0.492 e. The molecule has 0 aliphatic heterocycles. The van der Waals surface area contributed by atoms with Gasteiger partial charge >= 0.3 is 0 Å². The molecule has 0 fully saturated rings. The number of rotatable bonds is 22. The molecule has 0 aliphatic rings. The molecule has 0 saturated carbocycles. The summed E-state index contributed by atoms with van der Waals surface area (Å²) in [7, 11) is 0. The fourth-order valence-corrected chi connectivity index (χ4v) is 6.25. The highest BCUT2D eigenvalue weighted by Crippen LogP contribution is 2.28. The molecule has 18 heteroatoms. The Balaban J connectivity index is 1.73. The molecular formula is C32H43NO15S2. The molecule has 0 bridgehead atoms. The molecular weight excluding hydrogens is 702 g/mol. The third kappa shape index (κ3) is 12.4. The molecule has 0 aliphatic carbocycles. The molecule has 2 aromatic heterocycles. The predicted molar refractivity (Wildman–Crippen MR) is 179 cm³/mol. The monoisotopic (exact) mass is 745 g/mol. The van der Waals surface area contributed by atoms with Crippen molar-refractivity contribution in [3.05, 3.63) is 77.6 Å². The van der Waals surface area contributed by atoms with Gasteiger partial charge in [-0.05, 0) is 47.5 Å². The summed E-state index contributed by atoms with van der Waals surface area (Å²) in [6.07, 6.45) is -11.9. The maximum absolute atomic E-state index is 12.6. The lowest BCUT2D eigenvalue weighted by molar-refractivity contribution is -0.130. The summed E-state index contributed by atoms with van der Waals surface area (Å²) >= 11 is 1.99. The Morgan fingerprint density at radius 2 is 1.12 bits per heavy atom. The Bertz CT molecular complexity index is 1400. The number of ether oxygens (including phenoxy) is 1. The number of carbonyl (C=O) groups is 2. The van der Waals surface area contributed by atoms with Crippen LogP contribution in [-0.4, -0.2) is 154 Å². The minimum absolute atomic E-state index is 0.0822. The van der Waals surface area contributed by atoms with Crippen LogP contribution in [0.2, 0.25) is 0 Å². The van der Waals surface area contributed by atoms with Crippen LogP contribution in [0.5, 0.6) is 5.75 Å². The molecule has 50 heavy (non-hydrogen) atoms. The summed E-state index contributed by atoms with van der Waals surface area (Å²) in [6.45, 7) is -2.90. The fourth-order valence-electron chi connectivity index (χ4n) is 4.61. The molecule has 0 radical (unpaired) electrons. The predicted octanol–water partition coefficient (Wildman–Crippen LogP) is -1.43. The summed E-state index contributed by atoms with van der Waals surface area (Å²) in [5, 5.41) is 98.7. The van der Waals surface area contributed by atoms with E-state index in [2.05, 4.69) is 0 Å². The van der Waals surface area contributed by atoms with Crippen LogP contribution in [-0.2, 0) is 11.5 Å². The third-order valence-corrected chi connectivity index (χ3v) is 9.40. The van der Waals surface area contributed by atoms with Crippen molar-refractivity contribution in [1.82, 2.24) is 4.90 Å². The lowest BCUT2D eigenvalue weighted by Crippen LogP contribution is -2.53. The molecule has 3 aromatic rings. The lowest BCUT2D eigenvalue weighted by Gasteiger charge is -2.33. The summed E-state index contributed by atoms with van der Waals surface area (Å²) in [5.74, 6) is 1.17. The Labute approximate surface area is 295 Å². The van der Waals surface area contributed by atoms with E-state index in [9.17, 15) is 50.4 Å². The number of nitrogens with zero attached hydrogens (tertiary/aromatic N) is 1. The topological polar surface area (TPSA) is 275 Å². The number of aliphatic hydroxyl groups is 10. The second-order valence-electron chi connectivity index (χ2n) is 11.2. The van der Waals surface area contributed by atoms with Crippen LogP contribution in [0.1, 0.15) is 32.2 Å². The van der Waals surface area contributed by atoms with E-state index >= 15 is 0 Å². The van der Waals surface area contributed by atoms with Crippen molar-refractivity contribution in [3.63, 3.8) is 0 Å². The van der Waals surface area contributed by atoms with Crippen molar-refractivity contribution in [2.75, 3.05) is 39.5 Å². The maximum Gasteiger partial charge on any atom is 0.254 e. The maximum atomic E-state index is 12.6.